The van der Waals surface area contributed by atoms with Gasteiger partial charge in [-0.25, -0.2) is 4.79 Å². The normalized spacial score (nSPS) is 10.1. The van der Waals surface area contributed by atoms with E-state index in [1.807, 2.05) is 6.92 Å². The molecular weight excluding hydrogens is 206 g/mol. The number of nitrogens with two attached hydrogens (primary N) is 1. The third-order valence-electron chi connectivity index (χ3n) is 2.12. The van der Waals surface area contributed by atoms with E-state index in [1.54, 1.807) is 18.2 Å². The largest absolute Gasteiger partial charge is 0.462 e. The second kappa shape index (κ2) is 6.12. The van der Waals surface area contributed by atoms with Crippen molar-refractivity contribution in [2.45, 2.75) is 19.8 Å². The van der Waals surface area contributed by atoms with Crippen molar-refractivity contribution in [3.8, 4) is 0 Å². The second-order valence-electron chi connectivity index (χ2n) is 3.70. The average molecular weight is 223 g/mol. The van der Waals surface area contributed by atoms with Gasteiger partial charge in [-0.05, 0) is 43.5 Å². The molecule has 4 nitrogen and oxygen atoms in total. The predicted octanol–water partition coefficient (Wildman–Crippen LogP) is 1.51. The first-order valence-electron chi connectivity index (χ1n) is 5.28. The molecule has 0 aliphatic carbocycles. The van der Waals surface area contributed by atoms with Gasteiger partial charge < -0.3 is 15.6 Å². The number of anilines is 1. The summed E-state index contributed by atoms with van der Waals surface area (Å²) in [6.45, 7) is 2.32. The fourth-order valence-corrected chi connectivity index (χ4v) is 1.39. The zero-order valence-corrected chi connectivity index (χ0v) is 9.40. The molecule has 3 N–H and O–H groups in total. The van der Waals surface area contributed by atoms with Crippen LogP contribution in [0.1, 0.15) is 28.8 Å². The number of aryl methyl sites for hydroxylation is 1. The monoisotopic (exact) mass is 223 g/mol. The van der Waals surface area contributed by atoms with Crippen LogP contribution in [0.2, 0.25) is 0 Å². The van der Waals surface area contributed by atoms with Crippen LogP contribution in [0.5, 0.6) is 0 Å². The quantitative estimate of drug-likeness (QED) is 0.451. The number of esters is 1. The van der Waals surface area contributed by atoms with E-state index in [-0.39, 0.29) is 12.6 Å². The van der Waals surface area contributed by atoms with Crippen molar-refractivity contribution in [2.24, 2.45) is 0 Å². The molecule has 0 aliphatic rings. The highest BCUT2D eigenvalue weighted by molar-refractivity contribution is 5.90. The topological polar surface area (TPSA) is 72.6 Å². The number of carbonyl (C=O) groups excluding carboxylic acids is 1. The third-order valence-corrected chi connectivity index (χ3v) is 2.12. The number of rotatable bonds is 5. The minimum atomic E-state index is -0.367. The van der Waals surface area contributed by atoms with E-state index in [0.29, 0.717) is 30.7 Å². The SMILES string of the molecule is Cc1cc(N)cc(C(=O)OCCCCO)c1. The van der Waals surface area contributed by atoms with E-state index in [9.17, 15) is 4.79 Å². The zero-order chi connectivity index (χ0) is 12.0. The van der Waals surface area contributed by atoms with Crippen LogP contribution in [0.4, 0.5) is 5.69 Å². The third kappa shape index (κ3) is 3.90. The van der Waals surface area contributed by atoms with Crippen molar-refractivity contribution in [2.75, 3.05) is 18.9 Å². The lowest BCUT2D eigenvalue weighted by Crippen LogP contribution is -2.07. The van der Waals surface area contributed by atoms with Crippen LogP contribution in [0.15, 0.2) is 18.2 Å². The summed E-state index contributed by atoms with van der Waals surface area (Å²) in [5.74, 6) is -0.367. The lowest BCUT2D eigenvalue weighted by Gasteiger charge is -2.06. The zero-order valence-electron chi connectivity index (χ0n) is 9.40. The maximum atomic E-state index is 11.6. The molecule has 1 rings (SSSR count). The molecule has 88 valence electrons. The second-order valence-corrected chi connectivity index (χ2v) is 3.70. The van der Waals surface area contributed by atoms with Gasteiger partial charge >= 0.3 is 5.97 Å². The Morgan fingerprint density at radius 3 is 2.75 bits per heavy atom. The number of carbonyl (C=O) groups is 1. The summed E-state index contributed by atoms with van der Waals surface area (Å²) in [4.78, 5) is 11.6. The van der Waals surface area contributed by atoms with Crippen LogP contribution in [0.25, 0.3) is 0 Å². The van der Waals surface area contributed by atoms with Crippen molar-refractivity contribution in [1.82, 2.24) is 0 Å². The number of benzene rings is 1. The fraction of sp³-hybridized carbons (Fsp3) is 0.417. The van der Waals surface area contributed by atoms with Crippen LogP contribution in [0.3, 0.4) is 0 Å². The summed E-state index contributed by atoms with van der Waals surface area (Å²) >= 11 is 0. The Labute approximate surface area is 95.0 Å². The lowest BCUT2D eigenvalue weighted by atomic mass is 10.1. The average Bonchev–Trinajstić information content (AvgIpc) is 2.22. The number of aliphatic hydroxyl groups is 1. The van der Waals surface area contributed by atoms with Crippen molar-refractivity contribution in [3.05, 3.63) is 29.3 Å². The summed E-state index contributed by atoms with van der Waals surface area (Å²) in [5, 5.41) is 8.56. The van der Waals surface area contributed by atoms with Crippen molar-refractivity contribution in [1.29, 1.82) is 0 Å². The van der Waals surface area contributed by atoms with Crippen LogP contribution >= 0.6 is 0 Å². The maximum absolute atomic E-state index is 11.6. The Bertz CT molecular complexity index is 343. The Morgan fingerprint density at radius 2 is 2.12 bits per heavy atom. The van der Waals surface area contributed by atoms with E-state index in [0.717, 1.165) is 5.56 Å². The highest BCUT2D eigenvalue weighted by Gasteiger charge is 2.07. The smallest absolute Gasteiger partial charge is 0.338 e. The Balaban J connectivity index is 2.52. The number of hydrogen-bond donors (Lipinski definition) is 2. The first kappa shape index (κ1) is 12.5. The standard InChI is InChI=1S/C12H17NO3/c1-9-6-10(8-11(13)7-9)12(15)16-5-3-2-4-14/h6-8,14H,2-5,13H2,1H3. The summed E-state index contributed by atoms with van der Waals surface area (Å²) in [7, 11) is 0. The highest BCUT2D eigenvalue weighted by atomic mass is 16.5. The van der Waals surface area contributed by atoms with Crippen molar-refractivity contribution < 1.29 is 14.6 Å². The number of hydrogen-bond acceptors (Lipinski definition) is 4. The number of unbranched alkanes of at least 4 members (excludes halogenated alkanes) is 1. The van der Waals surface area contributed by atoms with Crippen LogP contribution < -0.4 is 5.73 Å². The molecule has 1 aromatic rings. The summed E-state index contributed by atoms with van der Waals surface area (Å²) in [6, 6.07) is 5.13. The molecule has 0 radical (unpaired) electrons. The molecule has 0 bridgehead atoms. The van der Waals surface area contributed by atoms with Crippen LogP contribution in [-0.4, -0.2) is 24.3 Å². The molecule has 0 saturated carbocycles. The Hall–Kier alpha value is -1.55. The van der Waals surface area contributed by atoms with Gasteiger partial charge in [0.1, 0.15) is 0 Å². The number of aliphatic hydroxyl groups excluding tert-OH is 1. The molecule has 0 fully saturated rings. The number of ether oxygens (including phenoxy) is 1. The summed E-state index contributed by atoms with van der Waals surface area (Å²) in [5.41, 5.74) is 7.60. The van der Waals surface area contributed by atoms with Crippen LogP contribution in [-0.2, 0) is 4.74 Å². The molecule has 0 aliphatic heterocycles. The molecule has 0 amide bonds. The molecule has 1 aromatic carbocycles. The lowest BCUT2D eigenvalue weighted by molar-refractivity contribution is 0.0492. The molecular formula is C12H17NO3. The molecule has 0 spiro atoms. The van der Waals surface area contributed by atoms with Crippen molar-refractivity contribution in [3.63, 3.8) is 0 Å². The van der Waals surface area contributed by atoms with Crippen LogP contribution in [0, 0.1) is 6.92 Å². The van der Waals surface area contributed by atoms with Gasteiger partial charge in [0.2, 0.25) is 0 Å². The van der Waals surface area contributed by atoms with Gasteiger partial charge in [0.05, 0.1) is 12.2 Å². The van der Waals surface area contributed by atoms with E-state index in [4.69, 9.17) is 15.6 Å². The van der Waals surface area contributed by atoms with Gasteiger partial charge in [-0.3, -0.25) is 0 Å². The van der Waals surface area contributed by atoms with Crippen molar-refractivity contribution >= 4 is 11.7 Å². The first-order valence-corrected chi connectivity index (χ1v) is 5.28. The molecule has 0 aromatic heterocycles. The molecule has 0 heterocycles. The Kier molecular flexibility index (Phi) is 4.79. The van der Waals surface area contributed by atoms with Gasteiger partial charge in [-0.15, -0.1) is 0 Å². The van der Waals surface area contributed by atoms with Gasteiger partial charge in [-0.1, -0.05) is 0 Å². The maximum Gasteiger partial charge on any atom is 0.338 e. The van der Waals surface area contributed by atoms with E-state index in [2.05, 4.69) is 0 Å². The molecule has 0 saturated heterocycles. The van der Waals surface area contributed by atoms with E-state index >= 15 is 0 Å². The summed E-state index contributed by atoms with van der Waals surface area (Å²) < 4.78 is 5.03. The molecule has 0 unspecified atom stereocenters. The fourth-order valence-electron chi connectivity index (χ4n) is 1.39. The Morgan fingerprint density at radius 1 is 1.38 bits per heavy atom. The van der Waals surface area contributed by atoms with Gasteiger partial charge in [0, 0.05) is 12.3 Å². The molecule has 4 heteroatoms. The van der Waals surface area contributed by atoms with Gasteiger partial charge in [0.25, 0.3) is 0 Å². The minimum Gasteiger partial charge on any atom is -0.462 e. The summed E-state index contributed by atoms with van der Waals surface area (Å²) in [6.07, 6.45) is 1.31. The minimum absolute atomic E-state index is 0.120. The molecule has 0 atom stereocenters. The van der Waals surface area contributed by atoms with Gasteiger partial charge in [-0.2, -0.15) is 0 Å². The van der Waals surface area contributed by atoms with E-state index in [1.165, 1.54) is 0 Å². The van der Waals surface area contributed by atoms with E-state index < -0.39 is 0 Å². The number of nitrogen functional groups attached to an aromatic ring is 1. The molecule has 16 heavy (non-hydrogen) atoms. The highest BCUT2D eigenvalue weighted by Crippen LogP contribution is 2.12. The van der Waals surface area contributed by atoms with Gasteiger partial charge in [0.15, 0.2) is 0 Å². The predicted molar refractivity (Wildman–Crippen MR) is 62.2 cm³/mol. The first-order chi connectivity index (χ1) is 7.63.